The zero-order chi connectivity index (χ0) is 6.55. The van der Waals surface area contributed by atoms with Crippen LogP contribution in [0.5, 0.6) is 0 Å². The van der Waals surface area contributed by atoms with E-state index < -0.39 is 0 Å². The van der Waals surface area contributed by atoms with E-state index in [1.807, 2.05) is 0 Å². The minimum atomic E-state index is 0.985. The van der Waals surface area contributed by atoms with Gasteiger partial charge in [0.15, 0.2) is 0 Å². The lowest BCUT2D eigenvalue weighted by Gasteiger charge is -2.13. The monoisotopic (exact) mass is 132 g/mol. The van der Waals surface area contributed by atoms with Gasteiger partial charge in [-0.25, -0.2) is 0 Å². The molecule has 3 aliphatic carbocycles. The van der Waals surface area contributed by atoms with Gasteiger partial charge in [0.05, 0.1) is 0 Å². The lowest BCUT2D eigenvalue weighted by molar-refractivity contribution is 0.658. The van der Waals surface area contributed by atoms with E-state index in [1.165, 1.54) is 25.7 Å². The maximum absolute atomic E-state index is 2.44. The SMILES string of the molecule is C1=C2C(=CC1)[C@H]1CC[C@@H]2C1. The lowest BCUT2D eigenvalue weighted by atomic mass is 9.92. The molecule has 2 fully saturated rings. The van der Waals surface area contributed by atoms with Crippen LogP contribution >= 0.6 is 0 Å². The molecule has 10 heavy (non-hydrogen) atoms. The average Bonchev–Trinajstić information content (AvgIpc) is 2.60. The molecule has 0 saturated heterocycles. The van der Waals surface area contributed by atoms with Gasteiger partial charge in [0.2, 0.25) is 0 Å². The summed E-state index contributed by atoms with van der Waals surface area (Å²) in [5, 5.41) is 0. The molecule has 0 aromatic rings. The number of hydrogen-bond donors (Lipinski definition) is 0. The summed E-state index contributed by atoms with van der Waals surface area (Å²) in [5.74, 6) is 1.97. The summed E-state index contributed by atoms with van der Waals surface area (Å²) in [6, 6.07) is 0. The molecule has 52 valence electrons. The Morgan fingerprint density at radius 2 is 1.60 bits per heavy atom. The Hall–Kier alpha value is -0.520. The highest BCUT2D eigenvalue weighted by Crippen LogP contribution is 2.53. The van der Waals surface area contributed by atoms with E-state index in [0.29, 0.717) is 0 Å². The molecule has 2 atom stereocenters. The first kappa shape index (κ1) is 5.17. The van der Waals surface area contributed by atoms with Crippen LogP contribution < -0.4 is 0 Å². The molecule has 0 amide bonds. The van der Waals surface area contributed by atoms with E-state index in [2.05, 4.69) is 12.2 Å². The second-order valence-electron chi connectivity index (χ2n) is 3.76. The highest BCUT2D eigenvalue weighted by molar-refractivity contribution is 5.46. The molecule has 0 spiro atoms. The van der Waals surface area contributed by atoms with Gasteiger partial charge in [0.1, 0.15) is 0 Å². The van der Waals surface area contributed by atoms with Crippen LogP contribution in [0.1, 0.15) is 25.7 Å². The third-order valence-electron chi connectivity index (χ3n) is 3.32. The molecule has 3 rings (SSSR count). The second kappa shape index (κ2) is 1.55. The van der Waals surface area contributed by atoms with E-state index in [1.54, 1.807) is 11.1 Å². The number of rotatable bonds is 0. The van der Waals surface area contributed by atoms with Gasteiger partial charge in [-0.1, -0.05) is 12.2 Å². The Morgan fingerprint density at radius 1 is 1.00 bits per heavy atom. The third kappa shape index (κ3) is 0.448. The summed E-state index contributed by atoms with van der Waals surface area (Å²) in [6.07, 6.45) is 10.6. The number of hydrogen-bond acceptors (Lipinski definition) is 0. The molecule has 0 aromatic heterocycles. The Labute approximate surface area is 61.6 Å². The van der Waals surface area contributed by atoms with E-state index in [9.17, 15) is 0 Å². The summed E-state index contributed by atoms with van der Waals surface area (Å²) in [4.78, 5) is 0. The zero-order valence-corrected chi connectivity index (χ0v) is 6.14. The van der Waals surface area contributed by atoms with Crippen molar-refractivity contribution in [3.63, 3.8) is 0 Å². The summed E-state index contributed by atoms with van der Waals surface area (Å²) in [5.41, 5.74) is 3.47. The molecular weight excluding hydrogens is 120 g/mol. The van der Waals surface area contributed by atoms with Gasteiger partial charge in [-0.2, -0.15) is 0 Å². The van der Waals surface area contributed by atoms with E-state index in [0.717, 1.165) is 11.8 Å². The quantitative estimate of drug-likeness (QED) is 0.475. The highest BCUT2D eigenvalue weighted by Gasteiger charge is 2.40. The Morgan fingerprint density at radius 3 is 2.20 bits per heavy atom. The summed E-state index contributed by atoms with van der Waals surface area (Å²) in [6.45, 7) is 0. The van der Waals surface area contributed by atoms with Crippen LogP contribution in [0.15, 0.2) is 23.3 Å². The van der Waals surface area contributed by atoms with Crippen molar-refractivity contribution in [1.82, 2.24) is 0 Å². The zero-order valence-electron chi connectivity index (χ0n) is 6.14. The smallest absolute Gasteiger partial charge is 0.0156 e. The Kier molecular flexibility index (Phi) is 0.803. The summed E-state index contributed by atoms with van der Waals surface area (Å²) >= 11 is 0. The first-order valence-electron chi connectivity index (χ1n) is 4.35. The molecule has 2 saturated carbocycles. The van der Waals surface area contributed by atoms with Crippen molar-refractivity contribution < 1.29 is 0 Å². The molecule has 0 heterocycles. The normalized spacial score (nSPS) is 41.6. The van der Waals surface area contributed by atoms with Gasteiger partial charge in [-0.3, -0.25) is 0 Å². The molecule has 0 radical (unpaired) electrons. The fourth-order valence-corrected chi connectivity index (χ4v) is 2.90. The van der Waals surface area contributed by atoms with Crippen molar-refractivity contribution in [2.75, 3.05) is 0 Å². The van der Waals surface area contributed by atoms with Crippen molar-refractivity contribution >= 4 is 0 Å². The van der Waals surface area contributed by atoms with E-state index in [-0.39, 0.29) is 0 Å². The van der Waals surface area contributed by atoms with Crippen LogP contribution in [0.4, 0.5) is 0 Å². The van der Waals surface area contributed by atoms with Crippen LogP contribution in [0.25, 0.3) is 0 Å². The fraction of sp³-hybridized carbons (Fsp3) is 0.600. The van der Waals surface area contributed by atoms with Gasteiger partial charge in [0.25, 0.3) is 0 Å². The van der Waals surface area contributed by atoms with Crippen LogP contribution in [0.3, 0.4) is 0 Å². The maximum Gasteiger partial charge on any atom is -0.0156 e. The predicted molar refractivity (Wildman–Crippen MR) is 41.6 cm³/mol. The second-order valence-corrected chi connectivity index (χ2v) is 3.76. The van der Waals surface area contributed by atoms with Crippen LogP contribution in [0, 0.1) is 11.8 Å². The Bertz CT molecular complexity index is 208. The first-order chi connectivity index (χ1) is 4.95. The minimum Gasteiger partial charge on any atom is -0.0770 e. The van der Waals surface area contributed by atoms with E-state index >= 15 is 0 Å². The summed E-state index contributed by atoms with van der Waals surface area (Å²) in [7, 11) is 0. The van der Waals surface area contributed by atoms with Gasteiger partial charge in [-0.15, -0.1) is 0 Å². The van der Waals surface area contributed by atoms with Gasteiger partial charge < -0.3 is 0 Å². The molecule has 0 unspecified atom stereocenters. The van der Waals surface area contributed by atoms with Crippen LogP contribution in [-0.4, -0.2) is 0 Å². The average molecular weight is 132 g/mol. The molecule has 2 bridgehead atoms. The van der Waals surface area contributed by atoms with Crippen molar-refractivity contribution in [2.24, 2.45) is 11.8 Å². The maximum atomic E-state index is 2.44. The molecule has 3 aliphatic rings. The van der Waals surface area contributed by atoms with Gasteiger partial charge >= 0.3 is 0 Å². The standard InChI is InChI=1S/C10H12/c1-2-9-7-4-5-8(6-7)10(9)3-1/h2-3,7-8H,1,4-6H2/t7-,8+. The van der Waals surface area contributed by atoms with Gasteiger partial charge in [0, 0.05) is 0 Å². The van der Waals surface area contributed by atoms with Crippen LogP contribution in [0.2, 0.25) is 0 Å². The highest BCUT2D eigenvalue weighted by atomic mass is 14.4. The molecular formula is C10H12. The van der Waals surface area contributed by atoms with Crippen molar-refractivity contribution in [1.29, 1.82) is 0 Å². The van der Waals surface area contributed by atoms with Crippen molar-refractivity contribution in [2.45, 2.75) is 25.7 Å². The molecule has 0 N–H and O–H groups in total. The largest absolute Gasteiger partial charge is 0.0770 e. The number of allylic oxidation sites excluding steroid dienone is 4. The van der Waals surface area contributed by atoms with Gasteiger partial charge in [-0.05, 0) is 48.7 Å². The minimum absolute atomic E-state index is 0.985. The fourth-order valence-electron chi connectivity index (χ4n) is 2.90. The molecule has 0 aromatic carbocycles. The molecule has 0 nitrogen and oxygen atoms in total. The Balaban J connectivity index is 2.14. The summed E-state index contributed by atoms with van der Waals surface area (Å²) < 4.78 is 0. The van der Waals surface area contributed by atoms with E-state index in [4.69, 9.17) is 0 Å². The third-order valence-corrected chi connectivity index (χ3v) is 3.32. The van der Waals surface area contributed by atoms with Crippen molar-refractivity contribution in [3.05, 3.63) is 23.3 Å². The van der Waals surface area contributed by atoms with Crippen molar-refractivity contribution in [3.8, 4) is 0 Å². The molecule has 0 aliphatic heterocycles. The first-order valence-corrected chi connectivity index (χ1v) is 4.35. The predicted octanol–water partition coefficient (Wildman–Crippen LogP) is 2.67. The lowest BCUT2D eigenvalue weighted by Crippen LogP contribution is -1.99. The molecule has 0 heteroatoms. The van der Waals surface area contributed by atoms with Crippen LogP contribution in [-0.2, 0) is 0 Å². The topological polar surface area (TPSA) is 0 Å². The number of fused-ring (bicyclic) bond motifs is 5.